The minimum Gasteiger partial charge on any atom is -0.482 e. The number of rotatable bonds is 4. The van der Waals surface area contributed by atoms with Gasteiger partial charge in [0.2, 0.25) is 5.13 Å². The van der Waals surface area contributed by atoms with Gasteiger partial charge in [0.05, 0.1) is 5.56 Å². The molecule has 17 heavy (non-hydrogen) atoms. The second kappa shape index (κ2) is 5.74. The molecular formula is C10H8BrN3O2S. The number of carbonyl (C=O) groups excluding carboxylic acids is 1. The molecule has 2 aromatic rings. The van der Waals surface area contributed by atoms with Crippen LogP contribution in [0.3, 0.4) is 0 Å². The van der Waals surface area contributed by atoms with Crippen molar-refractivity contribution in [3.63, 3.8) is 0 Å². The number of para-hydroxylation sites is 1. The fraction of sp³-hybridized carbons (Fsp3) is 0.100. The van der Waals surface area contributed by atoms with Gasteiger partial charge < -0.3 is 4.74 Å². The largest absolute Gasteiger partial charge is 0.482 e. The maximum absolute atomic E-state index is 11.9. The van der Waals surface area contributed by atoms with Gasteiger partial charge in [0, 0.05) is 0 Å². The van der Waals surface area contributed by atoms with Crippen molar-refractivity contribution < 1.29 is 9.53 Å². The first kappa shape index (κ1) is 12.0. The number of halogens is 1. The summed E-state index contributed by atoms with van der Waals surface area (Å²) in [7, 11) is 0. The lowest BCUT2D eigenvalue weighted by molar-refractivity contribution is 0.102. The molecule has 0 saturated carbocycles. The molecule has 0 fully saturated rings. The van der Waals surface area contributed by atoms with Crippen LogP contribution in [0, 0.1) is 0 Å². The maximum Gasteiger partial charge on any atom is 0.261 e. The first-order valence-corrected chi connectivity index (χ1v) is 6.66. The minimum absolute atomic E-state index is 0.265. The smallest absolute Gasteiger partial charge is 0.261 e. The van der Waals surface area contributed by atoms with Gasteiger partial charge in [-0.3, -0.25) is 10.1 Å². The molecule has 0 unspecified atom stereocenters. The van der Waals surface area contributed by atoms with E-state index in [2.05, 4.69) is 31.4 Å². The van der Waals surface area contributed by atoms with E-state index in [0.29, 0.717) is 22.0 Å². The van der Waals surface area contributed by atoms with E-state index in [1.807, 2.05) is 0 Å². The number of benzene rings is 1. The van der Waals surface area contributed by atoms with Crippen LogP contribution in [-0.2, 0) is 0 Å². The molecular weight excluding hydrogens is 306 g/mol. The Morgan fingerprint density at radius 1 is 1.47 bits per heavy atom. The molecule has 0 saturated heterocycles. The maximum atomic E-state index is 11.9. The van der Waals surface area contributed by atoms with Gasteiger partial charge in [-0.1, -0.05) is 23.5 Å². The van der Waals surface area contributed by atoms with Crippen LogP contribution in [0.2, 0.25) is 0 Å². The topological polar surface area (TPSA) is 64.1 Å². The molecule has 1 heterocycles. The number of ether oxygens (including phenoxy) is 1. The predicted octanol–water partition coefficient (Wildman–Crippen LogP) is 2.52. The second-order valence-electron chi connectivity index (χ2n) is 2.95. The van der Waals surface area contributed by atoms with Crippen LogP contribution >= 0.6 is 27.3 Å². The van der Waals surface area contributed by atoms with Crippen LogP contribution in [0.25, 0.3) is 0 Å². The molecule has 0 aliphatic heterocycles. The third kappa shape index (κ3) is 3.01. The van der Waals surface area contributed by atoms with Gasteiger partial charge in [-0.15, -0.1) is 10.2 Å². The zero-order valence-corrected chi connectivity index (χ0v) is 11.0. The normalized spacial score (nSPS) is 9.94. The Kier molecular flexibility index (Phi) is 4.05. The number of anilines is 1. The SMILES string of the molecule is O=C(Nc1nncs1)c1ccccc1OCBr. The molecule has 88 valence electrons. The number of alkyl halides is 1. The summed E-state index contributed by atoms with van der Waals surface area (Å²) in [5, 5.41) is 10.5. The fourth-order valence-corrected chi connectivity index (χ4v) is 1.92. The summed E-state index contributed by atoms with van der Waals surface area (Å²) in [6, 6.07) is 7.00. The summed E-state index contributed by atoms with van der Waals surface area (Å²) in [6.07, 6.45) is 0. The molecule has 0 aliphatic carbocycles. The van der Waals surface area contributed by atoms with Crippen molar-refractivity contribution in [2.24, 2.45) is 0 Å². The molecule has 0 spiro atoms. The molecule has 0 bridgehead atoms. The Morgan fingerprint density at radius 2 is 2.29 bits per heavy atom. The highest BCUT2D eigenvalue weighted by atomic mass is 79.9. The summed E-state index contributed by atoms with van der Waals surface area (Å²) >= 11 is 4.42. The lowest BCUT2D eigenvalue weighted by Gasteiger charge is -2.08. The summed E-state index contributed by atoms with van der Waals surface area (Å²) in [6.45, 7) is 0. The van der Waals surface area contributed by atoms with Crippen molar-refractivity contribution >= 4 is 38.3 Å². The zero-order valence-electron chi connectivity index (χ0n) is 8.59. The van der Waals surface area contributed by atoms with Crippen LogP contribution < -0.4 is 10.1 Å². The minimum atomic E-state index is -0.265. The van der Waals surface area contributed by atoms with E-state index in [1.165, 1.54) is 11.3 Å². The first-order chi connectivity index (χ1) is 8.31. The molecule has 0 aliphatic rings. The highest BCUT2D eigenvalue weighted by Gasteiger charge is 2.13. The number of hydrogen-bond donors (Lipinski definition) is 1. The quantitative estimate of drug-likeness (QED) is 0.881. The lowest BCUT2D eigenvalue weighted by atomic mass is 10.2. The molecule has 1 aromatic heterocycles. The van der Waals surface area contributed by atoms with E-state index in [-0.39, 0.29) is 5.91 Å². The van der Waals surface area contributed by atoms with Gasteiger partial charge >= 0.3 is 0 Å². The Morgan fingerprint density at radius 3 is 3.00 bits per heavy atom. The van der Waals surface area contributed by atoms with Crippen LogP contribution in [-0.4, -0.2) is 21.6 Å². The highest BCUT2D eigenvalue weighted by molar-refractivity contribution is 9.09. The molecule has 2 rings (SSSR count). The second-order valence-corrected chi connectivity index (χ2v) is 4.24. The van der Waals surface area contributed by atoms with Crippen molar-refractivity contribution in [1.29, 1.82) is 0 Å². The predicted molar refractivity (Wildman–Crippen MR) is 68.7 cm³/mol. The summed E-state index contributed by atoms with van der Waals surface area (Å²) in [5.41, 5.74) is 2.34. The van der Waals surface area contributed by atoms with Gasteiger partial charge in [0.1, 0.15) is 16.8 Å². The van der Waals surface area contributed by atoms with Gasteiger partial charge in [-0.25, -0.2) is 0 Å². The number of hydrogen-bond acceptors (Lipinski definition) is 5. The third-order valence-corrected chi connectivity index (χ3v) is 2.76. The van der Waals surface area contributed by atoms with E-state index in [9.17, 15) is 4.79 Å². The Hall–Kier alpha value is -1.47. The van der Waals surface area contributed by atoms with Crippen LogP contribution in [0.4, 0.5) is 5.13 Å². The number of nitrogens with one attached hydrogen (secondary N) is 1. The standard InChI is InChI=1S/C10H8BrN3O2S/c11-5-16-8-4-2-1-3-7(8)9(15)13-10-14-12-6-17-10/h1-4,6H,5H2,(H,13,14,15). The van der Waals surface area contributed by atoms with E-state index in [0.717, 1.165) is 0 Å². The summed E-state index contributed by atoms with van der Waals surface area (Å²) < 4.78 is 5.30. The highest BCUT2D eigenvalue weighted by Crippen LogP contribution is 2.20. The van der Waals surface area contributed by atoms with Crippen LogP contribution in [0.1, 0.15) is 10.4 Å². The number of aromatic nitrogens is 2. The third-order valence-electron chi connectivity index (χ3n) is 1.92. The molecule has 7 heteroatoms. The average molecular weight is 314 g/mol. The van der Waals surface area contributed by atoms with Gasteiger partial charge in [-0.2, -0.15) is 0 Å². The molecule has 1 aromatic carbocycles. The average Bonchev–Trinajstić information content (AvgIpc) is 2.83. The van der Waals surface area contributed by atoms with E-state index in [1.54, 1.807) is 29.8 Å². The summed E-state index contributed by atoms with van der Waals surface area (Å²) in [4.78, 5) is 11.9. The summed E-state index contributed by atoms with van der Waals surface area (Å²) in [5.74, 6) is 0.254. The van der Waals surface area contributed by atoms with Crippen molar-refractivity contribution in [1.82, 2.24) is 10.2 Å². The molecule has 0 radical (unpaired) electrons. The molecule has 1 amide bonds. The monoisotopic (exact) mass is 313 g/mol. The van der Waals surface area contributed by atoms with Crippen molar-refractivity contribution in [2.75, 3.05) is 10.8 Å². The first-order valence-electron chi connectivity index (χ1n) is 4.66. The van der Waals surface area contributed by atoms with E-state index in [4.69, 9.17) is 4.74 Å². The Bertz CT molecular complexity index is 504. The molecule has 1 N–H and O–H groups in total. The number of nitrogens with zero attached hydrogens (tertiary/aromatic N) is 2. The van der Waals surface area contributed by atoms with Gasteiger partial charge in [0.25, 0.3) is 5.91 Å². The van der Waals surface area contributed by atoms with Crippen molar-refractivity contribution in [2.45, 2.75) is 0 Å². The number of amides is 1. The number of carbonyl (C=O) groups is 1. The Balaban J connectivity index is 2.18. The molecule has 5 nitrogen and oxygen atoms in total. The van der Waals surface area contributed by atoms with E-state index < -0.39 is 0 Å². The zero-order chi connectivity index (χ0) is 12.1. The van der Waals surface area contributed by atoms with Crippen molar-refractivity contribution in [3.05, 3.63) is 35.3 Å². The van der Waals surface area contributed by atoms with E-state index >= 15 is 0 Å². The van der Waals surface area contributed by atoms with Gasteiger partial charge in [0.15, 0.2) is 0 Å². The fourth-order valence-electron chi connectivity index (χ4n) is 1.23. The van der Waals surface area contributed by atoms with Crippen molar-refractivity contribution in [3.8, 4) is 5.75 Å². The van der Waals surface area contributed by atoms with Crippen LogP contribution in [0.5, 0.6) is 5.75 Å². The Labute approximate surface area is 110 Å². The van der Waals surface area contributed by atoms with Crippen LogP contribution in [0.15, 0.2) is 29.8 Å². The molecule has 0 atom stereocenters. The van der Waals surface area contributed by atoms with Gasteiger partial charge in [-0.05, 0) is 28.1 Å². The lowest BCUT2D eigenvalue weighted by Crippen LogP contribution is -2.13.